The molecule has 0 unspecified atom stereocenters. The lowest BCUT2D eigenvalue weighted by Gasteiger charge is -2.18. The second-order valence-corrected chi connectivity index (χ2v) is 6.14. The molecule has 0 aromatic heterocycles. The topological polar surface area (TPSA) is 30.5 Å². The summed E-state index contributed by atoms with van der Waals surface area (Å²) in [5, 5.41) is 3.39. The number of methoxy groups -OCH3 is 2. The van der Waals surface area contributed by atoms with Crippen LogP contribution in [0.4, 0.5) is 0 Å². The minimum atomic E-state index is 0. The van der Waals surface area contributed by atoms with Gasteiger partial charge in [-0.15, -0.1) is 12.4 Å². The van der Waals surface area contributed by atoms with E-state index >= 15 is 0 Å². The van der Waals surface area contributed by atoms with E-state index in [1.54, 1.807) is 14.2 Å². The molecule has 0 radical (unpaired) electrons. The van der Waals surface area contributed by atoms with Crippen LogP contribution < -0.4 is 14.8 Å². The van der Waals surface area contributed by atoms with Crippen LogP contribution in [0.1, 0.15) is 19.4 Å². The third kappa shape index (κ3) is 6.95. The fraction of sp³-hybridized carbons (Fsp3) is 0.571. The van der Waals surface area contributed by atoms with Gasteiger partial charge in [0.2, 0.25) is 0 Å². The van der Waals surface area contributed by atoms with E-state index in [-0.39, 0.29) is 17.2 Å². The molecule has 0 bridgehead atoms. The molecule has 5 heteroatoms. The van der Waals surface area contributed by atoms with E-state index in [0.29, 0.717) is 0 Å². The van der Waals surface area contributed by atoms with Gasteiger partial charge < -0.3 is 14.8 Å². The van der Waals surface area contributed by atoms with Crippen molar-refractivity contribution >= 4 is 25.0 Å². The van der Waals surface area contributed by atoms with Crippen LogP contribution in [0.25, 0.3) is 0 Å². The number of thiol groups is 1. The number of hydrogen-bond donors (Lipinski definition) is 2. The number of rotatable bonds is 7. The SMILES string of the molecule is COc1ccc(CCNCC(C)(C)S)cc1OC.Cl. The molecule has 0 aliphatic carbocycles. The Labute approximate surface area is 127 Å². The Morgan fingerprint density at radius 2 is 1.79 bits per heavy atom. The molecule has 0 saturated heterocycles. The van der Waals surface area contributed by atoms with Crippen molar-refractivity contribution in [2.45, 2.75) is 25.0 Å². The molecular formula is C14H24ClNO2S. The van der Waals surface area contributed by atoms with E-state index < -0.39 is 0 Å². The van der Waals surface area contributed by atoms with Crippen LogP contribution in [-0.2, 0) is 6.42 Å². The van der Waals surface area contributed by atoms with Crippen molar-refractivity contribution in [3.63, 3.8) is 0 Å². The molecule has 19 heavy (non-hydrogen) atoms. The van der Waals surface area contributed by atoms with E-state index in [9.17, 15) is 0 Å². The quantitative estimate of drug-likeness (QED) is 0.600. The molecule has 0 aliphatic rings. The Hall–Kier alpha value is -0.580. The first-order chi connectivity index (χ1) is 8.46. The van der Waals surface area contributed by atoms with Gasteiger partial charge >= 0.3 is 0 Å². The maximum atomic E-state index is 5.28. The predicted molar refractivity (Wildman–Crippen MR) is 86.4 cm³/mol. The molecule has 1 N–H and O–H groups in total. The molecule has 1 rings (SSSR count). The van der Waals surface area contributed by atoms with E-state index in [2.05, 4.69) is 37.9 Å². The number of hydrogen-bond acceptors (Lipinski definition) is 4. The molecular weight excluding hydrogens is 282 g/mol. The van der Waals surface area contributed by atoms with Crippen LogP contribution in [-0.4, -0.2) is 32.1 Å². The van der Waals surface area contributed by atoms with Crippen molar-refractivity contribution in [2.75, 3.05) is 27.3 Å². The molecule has 0 heterocycles. The van der Waals surface area contributed by atoms with E-state index in [1.807, 2.05) is 12.1 Å². The largest absolute Gasteiger partial charge is 0.493 e. The van der Waals surface area contributed by atoms with Crippen LogP contribution in [0.3, 0.4) is 0 Å². The van der Waals surface area contributed by atoms with Crippen molar-refractivity contribution in [3.8, 4) is 11.5 Å². The molecule has 1 aromatic rings. The van der Waals surface area contributed by atoms with Crippen LogP contribution in [0.2, 0.25) is 0 Å². The van der Waals surface area contributed by atoms with Crippen molar-refractivity contribution in [1.82, 2.24) is 5.32 Å². The van der Waals surface area contributed by atoms with Crippen LogP contribution >= 0.6 is 25.0 Å². The van der Waals surface area contributed by atoms with Gasteiger partial charge in [-0.05, 0) is 44.5 Å². The second kappa shape index (κ2) is 8.56. The highest BCUT2D eigenvalue weighted by molar-refractivity contribution is 7.81. The second-order valence-electron chi connectivity index (χ2n) is 4.93. The monoisotopic (exact) mass is 305 g/mol. The summed E-state index contributed by atoms with van der Waals surface area (Å²) < 4.78 is 10.5. The lowest BCUT2D eigenvalue weighted by molar-refractivity contribution is 0.354. The van der Waals surface area contributed by atoms with Crippen molar-refractivity contribution in [1.29, 1.82) is 0 Å². The first kappa shape index (κ1) is 18.4. The van der Waals surface area contributed by atoms with E-state index in [4.69, 9.17) is 9.47 Å². The fourth-order valence-corrected chi connectivity index (χ4v) is 1.77. The average molecular weight is 306 g/mol. The van der Waals surface area contributed by atoms with E-state index in [0.717, 1.165) is 31.0 Å². The minimum absolute atomic E-state index is 0. The summed E-state index contributed by atoms with van der Waals surface area (Å²) in [5.41, 5.74) is 1.23. The van der Waals surface area contributed by atoms with Crippen molar-refractivity contribution in [2.24, 2.45) is 0 Å². The Morgan fingerprint density at radius 1 is 1.16 bits per heavy atom. The lowest BCUT2D eigenvalue weighted by atomic mass is 10.1. The van der Waals surface area contributed by atoms with Crippen LogP contribution in [0, 0.1) is 0 Å². The highest BCUT2D eigenvalue weighted by Gasteiger charge is 2.10. The molecule has 0 spiro atoms. The fourth-order valence-electron chi connectivity index (χ4n) is 1.66. The summed E-state index contributed by atoms with van der Waals surface area (Å²) in [6, 6.07) is 6.03. The molecule has 110 valence electrons. The smallest absolute Gasteiger partial charge is 0.160 e. The molecule has 0 aliphatic heterocycles. The van der Waals surface area contributed by atoms with Gasteiger partial charge in [-0.25, -0.2) is 0 Å². The summed E-state index contributed by atoms with van der Waals surface area (Å²) in [5.74, 6) is 1.55. The van der Waals surface area contributed by atoms with Gasteiger partial charge in [-0.3, -0.25) is 0 Å². The standard InChI is InChI=1S/C14H23NO2S.ClH/c1-14(2,18)10-15-8-7-11-5-6-12(16-3)13(9-11)17-4;/h5-6,9,15,18H,7-8,10H2,1-4H3;1H. The first-order valence-corrected chi connectivity index (χ1v) is 6.55. The lowest BCUT2D eigenvalue weighted by Crippen LogP contribution is -2.31. The summed E-state index contributed by atoms with van der Waals surface area (Å²) in [4.78, 5) is 0. The first-order valence-electron chi connectivity index (χ1n) is 6.10. The minimum Gasteiger partial charge on any atom is -0.493 e. The summed E-state index contributed by atoms with van der Waals surface area (Å²) in [6.07, 6.45) is 0.963. The maximum Gasteiger partial charge on any atom is 0.160 e. The molecule has 0 amide bonds. The molecule has 0 atom stereocenters. The normalized spacial score (nSPS) is 10.8. The third-order valence-electron chi connectivity index (χ3n) is 2.60. The van der Waals surface area contributed by atoms with Crippen molar-refractivity contribution in [3.05, 3.63) is 23.8 Å². The summed E-state index contributed by atoms with van der Waals surface area (Å²) in [7, 11) is 3.30. The zero-order chi connectivity index (χ0) is 13.6. The number of halogens is 1. The molecule has 1 aromatic carbocycles. The zero-order valence-corrected chi connectivity index (χ0v) is 13.7. The van der Waals surface area contributed by atoms with Gasteiger partial charge in [0.05, 0.1) is 14.2 Å². The third-order valence-corrected chi connectivity index (χ3v) is 2.75. The highest BCUT2D eigenvalue weighted by Crippen LogP contribution is 2.27. The molecule has 0 saturated carbocycles. The van der Waals surface area contributed by atoms with Crippen LogP contribution in [0.15, 0.2) is 18.2 Å². The van der Waals surface area contributed by atoms with Crippen molar-refractivity contribution < 1.29 is 9.47 Å². The Balaban J connectivity index is 0.00000324. The van der Waals surface area contributed by atoms with Gasteiger partial charge in [0.15, 0.2) is 11.5 Å². The van der Waals surface area contributed by atoms with E-state index in [1.165, 1.54) is 5.56 Å². The van der Waals surface area contributed by atoms with Gasteiger partial charge in [0.1, 0.15) is 0 Å². The summed E-state index contributed by atoms with van der Waals surface area (Å²) in [6.45, 7) is 6.02. The Bertz CT molecular complexity index is 380. The van der Waals surface area contributed by atoms with Crippen LogP contribution in [0.5, 0.6) is 11.5 Å². The molecule has 0 fully saturated rings. The summed E-state index contributed by atoms with van der Waals surface area (Å²) >= 11 is 4.47. The molecule has 3 nitrogen and oxygen atoms in total. The number of benzene rings is 1. The Kier molecular flexibility index (Phi) is 8.30. The maximum absolute atomic E-state index is 5.28. The number of nitrogens with one attached hydrogen (secondary N) is 1. The van der Waals surface area contributed by atoms with Gasteiger partial charge in [0, 0.05) is 11.3 Å². The van der Waals surface area contributed by atoms with Gasteiger partial charge in [-0.2, -0.15) is 12.6 Å². The Morgan fingerprint density at radius 3 is 2.32 bits per heavy atom. The highest BCUT2D eigenvalue weighted by atomic mass is 35.5. The van der Waals surface area contributed by atoms with Gasteiger partial charge in [-0.1, -0.05) is 6.07 Å². The average Bonchev–Trinajstić information content (AvgIpc) is 2.33. The zero-order valence-electron chi connectivity index (χ0n) is 12.0. The number of ether oxygens (including phenoxy) is 2. The van der Waals surface area contributed by atoms with Gasteiger partial charge in [0.25, 0.3) is 0 Å². The predicted octanol–water partition coefficient (Wildman–Crippen LogP) is 2.97.